The molecule has 196 valence electrons. The molecule has 0 aliphatic heterocycles. The van der Waals surface area contributed by atoms with Crippen molar-refractivity contribution in [1.29, 1.82) is 0 Å². The van der Waals surface area contributed by atoms with E-state index in [1.165, 1.54) is 11.2 Å². The maximum atomic E-state index is 13.4. The Labute approximate surface area is 230 Å². The zero-order valence-electron chi connectivity index (χ0n) is 21.1. The van der Waals surface area contributed by atoms with Gasteiger partial charge in [0, 0.05) is 29.4 Å². The number of amides is 2. The van der Waals surface area contributed by atoms with Crippen LogP contribution < -0.4 is 10.1 Å². The van der Waals surface area contributed by atoms with Crippen LogP contribution in [0.25, 0.3) is 16.9 Å². The monoisotopic (exact) mass is 540 g/mol. The fourth-order valence-electron chi connectivity index (χ4n) is 4.08. The number of benzene rings is 3. The lowest BCUT2D eigenvalue weighted by molar-refractivity contribution is -0.117. The average Bonchev–Trinajstić information content (AvgIpc) is 3.64. The number of carbonyl (C=O) groups is 2. The molecule has 8 nitrogen and oxygen atoms in total. The third-order valence-corrected chi connectivity index (χ3v) is 6.25. The zero-order valence-corrected chi connectivity index (χ0v) is 21.8. The summed E-state index contributed by atoms with van der Waals surface area (Å²) in [6.45, 7) is 0.0177. The van der Waals surface area contributed by atoms with Gasteiger partial charge in [0.1, 0.15) is 12.3 Å². The number of anilines is 1. The molecule has 9 heteroatoms. The zero-order chi connectivity index (χ0) is 27.2. The van der Waals surface area contributed by atoms with Crippen molar-refractivity contribution in [2.45, 2.75) is 6.54 Å². The number of hydrogen-bond acceptors (Lipinski definition) is 5. The van der Waals surface area contributed by atoms with Gasteiger partial charge in [0.2, 0.25) is 11.9 Å². The molecule has 0 bridgehead atoms. The Kier molecular flexibility index (Phi) is 7.75. The van der Waals surface area contributed by atoms with E-state index in [0.29, 0.717) is 22.4 Å². The van der Waals surface area contributed by atoms with Gasteiger partial charge >= 0.3 is 0 Å². The molecule has 0 unspecified atom stereocenters. The van der Waals surface area contributed by atoms with Gasteiger partial charge in [-0.25, -0.2) is 4.98 Å². The molecule has 0 aliphatic carbocycles. The second-order valence-corrected chi connectivity index (χ2v) is 9.14. The van der Waals surface area contributed by atoms with E-state index < -0.39 is 11.8 Å². The Morgan fingerprint density at radius 2 is 1.79 bits per heavy atom. The summed E-state index contributed by atoms with van der Waals surface area (Å²) in [6.07, 6.45) is 3.25. The summed E-state index contributed by atoms with van der Waals surface area (Å²) in [7, 11) is 1.59. The molecule has 39 heavy (non-hydrogen) atoms. The largest absolute Gasteiger partial charge is 0.497 e. The fraction of sp³-hybridized carbons (Fsp3) is 0.100. The quantitative estimate of drug-likeness (QED) is 0.245. The molecule has 3 aromatic carbocycles. The number of methoxy groups -OCH3 is 1. The van der Waals surface area contributed by atoms with Crippen LogP contribution in [0.4, 0.5) is 5.95 Å². The molecule has 0 saturated heterocycles. The minimum absolute atomic E-state index is 0.154. The molecule has 5 rings (SSSR count). The second-order valence-electron chi connectivity index (χ2n) is 8.70. The van der Waals surface area contributed by atoms with E-state index in [9.17, 15) is 9.59 Å². The Morgan fingerprint density at radius 3 is 2.51 bits per heavy atom. The summed E-state index contributed by atoms with van der Waals surface area (Å²) < 4.78 is 12.5. The maximum Gasteiger partial charge on any atom is 0.290 e. The topological polar surface area (TPSA) is 89.6 Å². The van der Waals surface area contributed by atoms with Crippen LogP contribution in [0.3, 0.4) is 0 Å². The van der Waals surface area contributed by atoms with Gasteiger partial charge in [-0.2, -0.15) is 0 Å². The van der Waals surface area contributed by atoms with Gasteiger partial charge in [0.05, 0.1) is 24.8 Å². The van der Waals surface area contributed by atoms with Gasteiger partial charge in [-0.1, -0.05) is 60.1 Å². The molecular formula is C30H25ClN4O4. The summed E-state index contributed by atoms with van der Waals surface area (Å²) in [5.74, 6) is 0.301. The highest BCUT2D eigenvalue weighted by Crippen LogP contribution is 2.27. The Bertz CT molecular complexity index is 1560. The highest BCUT2D eigenvalue weighted by molar-refractivity contribution is 6.30. The van der Waals surface area contributed by atoms with E-state index >= 15 is 0 Å². The lowest BCUT2D eigenvalue weighted by atomic mass is 10.2. The average molecular weight is 541 g/mol. The minimum atomic E-state index is -0.414. The van der Waals surface area contributed by atoms with Crippen LogP contribution in [0, 0.1) is 0 Å². The molecule has 2 aromatic heterocycles. The molecule has 0 aliphatic rings. The first-order chi connectivity index (χ1) is 19.0. The molecule has 0 saturated carbocycles. The van der Waals surface area contributed by atoms with Crippen molar-refractivity contribution < 1.29 is 18.7 Å². The first kappa shape index (κ1) is 25.8. The molecule has 2 heterocycles. The predicted octanol–water partition coefficient (Wildman–Crippen LogP) is 6.08. The van der Waals surface area contributed by atoms with E-state index in [4.69, 9.17) is 25.7 Å². The van der Waals surface area contributed by atoms with Crippen LogP contribution in [0.1, 0.15) is 16.1 Å². The van der Waals surface area contributed by atoms with Crippen LogP contribution in [0.5, 0.6) is 5.75 Å². The van der Waals surface area contributed by atoms with Crippen LogP contribution in [0.15, 0.2) is 108 Å². The fourth-order valence-corrected chi connectivity index (χ4v) is 4.21. The lowest BCUT2D eigenvalue weighted by Crippen LogP contribution is -2.37. The SMILES string of the molecule is COc1cccc(-n2cc(-c3ccc(Cl)cc3)nc2NC(=O)CN(Cc2ccccc2)C(=O)c2ccco2)c1. The minimum Gasteiger partial charge on any atom is -0.497 e. The molecule has 0 radical (unpaired) electrons. The standard InChI is InChI=1S/C30H25ClN4O4/c1-38-25-10-5-9-24(17-25)35-19-26(22-12-14-23(31)15-13-22)32-30(35)33-28(36)20-34(18-21-7-3-2-4-8-21)29(37)27-11-6-16-39-27/h2-17,19H,18,20H2,1H3,(H,32,33,36). The normalized spacial score (nSPS) is 10.7. The third-order valence-electron chi connectivity index (χ3n) is 6.00. The van der Waals surface area contributed by atoms with Crippen LogP contribution >= 0.6 is 11.6 Å². The number of nitrogens with zero attached hydrogens (tertiary/aromatic N) is 3. The van der Waals surface area contributed by atoms with Crippen molar-refractivity contribution in [1.82, 2.24) is 14.5 Å². The molecule has 0 spiro atoms. The number of aromatic nitrogens is 2. The number of rotatable bonds is 9. The highest BCUT2D eigenvalue weighted by atomic mass is 35.5. The summed E-state index contributed by atoms with van der Waals surface area (Å²) in [5, 5.41) is 3.50. The van der Waals surface area contributed by atoms with E-state index in [0.717, 1.165) is 16.8 Å². The van der Waals surface area contributed by atoms with E-state index in [2.05, 4.69) is 5.32 Å². The van der Waals surface area contributed by atoms with Crippen LogP contribution in [-0.4, -0.2) is 39.9 Å². The number of ether oxygens (including phenoxy) is 1. The predicted molar refractivity (Wildman–Crippen MR) is 149 cm³/mol. The summed E-state index contributed by atoms with van der Waals surface area (Å²) in [5.41, 5.74) is 3.09. The van der Waals surface area contributed by atoms with Gasteiger partial charge in [-0.3, -0.25) is 19.5 Å². The first-order valence-electron chi connectivity index (χ1n) is 12.2. The van der Waals surface area contributed by atoms with E-state index in [1.54, 1.807) is 35.9 Å². The maximum absolute atomic E-state index is 13.4. The molecule has 1 N–H and O–H groups in total. The molecule has 0 fully saturated rings. The lowest BCUT2D eigenvalue weighted by Gasteiger charge is -2.21. The van der Waals surface area contributed by atoms with E-state index in [1.807, 2.05) is 72.9 Å². The number of hydrogen-bond donors (Lipinski definition) is 1. The Morgan fingerprint density at radius 1 is 1.00 bits per heavy atom. The van der Waals surface area contributed by atoms with Crippen molar-refractivity contribution in [2.24, 2.45) is 0 Å². The molecular weight excluding hydrogens is 516 g/mol. The van der Waals surface area contributed by atoms with Crippen LogP contribution in [-0.2, 0) is 11.3 Å². The number of imidazole rings is 1. The van der Waals surface area contributed by atoms with Crippen molar-refractivity contribution in [3.63, 3.8) is 0 Å². The van der Waals surface area contributed by atoms with Crippen molar-refractivity contribution >= 4 is 29.4 Å². The molecule has 0 atom stereocenters. The summed E-state index contributed by atoms with van der Waals surface area (Å²) >= 11 is 6.07. The van der Waals surface area contributed by atoms with Crippen molar-refractivity contribution in [3.05, 3.63) is 120 Å². The van der Waals surface area contributed by atoms with E-state index in [-0.39, 0.29) is 18.8 Å². The van der Waals surface area contributed by atoms with Gasteiger partial charge in [-0.15, -0.1) is 0 Å². The Hall–Kier alpha value is -4.82. The first-order valence-corrected chi connectivity index (χ1v) is 12.5. The van der Waals surface area contributed by atoms with Gasteiger partial charge in [0.15, 0.2) is 5.76 Å². The van der Waals surface area contributed by atoms with Gasteiger partial charge in [0.25, 0.3) is 5.91 Å². The number of furan rings is 1. The van der Waals surface area contributed by atoms with Gasteiger partial charge in [-0.05, 0) is 42.0 Å². The second kappa shape index (κ2) is 11.7. The number of carbonyl (C=O) groups excluding carboxylic acids is 2. The highest BCUT2D eigenvalue weighted by Gasteiger charge is 2.23. The summed E-state index contributed by atoms with van der Waals surface area (Å²) in [4.78, 5) is 32.7. The van der Waals surface area contributed by atoms with Crippen LogP contribution in [0.2, 0.25) is 5.02 Å². The van der Waals surface area contributed by atoms with Crippen molar-refractivity contribution in [2.75, 3.05) is 19.0 Å². The van der Waals surface area contributed by atoms with Crippen molar-refractivity contribution in [3.8, 4) is 22.7 Å². The summed E-state index contributed by atoms with van der Waals surface area (Å²) in [6, 6.07) is 27.3. The molecule has 2 amide bonds. The van der Waals surface area contributed by atoms with Gasteiger partial charge < -0.3 is 14.1 Å². The Balaban J connectivity index is 1.44. The number of halogens is 1. The molecule has 5 aromatic rings. The smallest absolute Gasteiger partial charge is 0.290 e. The third kappa shape index (κ3) is 6.19. The number of nitrogens with one attached hydrogen (secondary N) is 1.